The molecule has 0 saturated carbocycles. The smallest absolute Gasteiger partial charge is 0.287 e. The highest BCUT2D eigenvalue weighted by Gasteiger charge is 2.35. The second-order valence-corrected chi connectivity index (χ2v) is 10.8. The largest absolute Gasteiger partial charge is 0.334 e. The molecule has 1 aliphatic heterocycles. The van der Waals surface area contributed by atoms with Crippen molar-refractivity contribution in [1.82, 2.24) is 25.0 Å². The first-order valence-corrected chi connectivity index (χ1v) is 12.1. The molecule has 0 aliphatic carbocycles. The monoisotopic (exact) mass is 489 g/mol. The third kappa shape index (κ3) is 4.03. The first-order valence-electron chi connectivity index (χ1n) is 11.3. The quantitative estimate of drug-likeness (QED) is 0.439. The summed E-state index contributed by atoms with van der Waals surface area (Å²) < 4.78 is 1.73. The van der Waals surface area contributed by atoms with E-state index in [1.165, 1.54) is 11.3 Å². The topological polar surface area (TPSA) is 109 Å². The summed E-state index contributed by atoms with van der Waals surface area (Å²) in [5.74, 6) is 0.546. The average molecular weight is 490 g/mol. The number of anilines is 3. The molecule has 1 aromatic carbocycles. The zero-order valence-corrected chi connectivity index (χ0v) is 21.4. The molecule has 1 aliphatic rings. The molecule has 10 heteroatoms. The van der Waals surface area contributed by atoms with E-state index in [0.717, 1.165) is 33.2 Å². The van der Waals surface area contributed by atoms with Gasteiger partial charge in [0.15, 0.2) is 5.82 Å². The number of hydrogen-bond acceptors (Lipinski definition) is 7. The Labute approximate surface area is 206 Å². The van der Waals surface area contributed by atoms with Crippen molar-refractivity contribution in [3.05, 3.63) is 67.5 Å². The average Bonchev–Trinajstić information content (AvgIpc) is 3.44. The Morgan fingerprint density at radius 3 is 2.57 bits per heavy atom. The van der Waals surface area contributed by atoms with Crippen LogP contribution in [-0.4, -0.2) is 30.9 Å². The first-order chi connectivity index (χ1) is 16.5. The van der Waals surface area contributed by atoms with Gasteiger partial charge in [-0.3, -0.25) is 14.3 Å². The maximum absolute atomic E-state index is 13.3. The van der Waals surface area contributed by atoms with Gasteiger partial charge < -0.3 is 10.2 Å². The second-order valence-electron chi connectivity index (χ2n) is 9.80. The van der Waals surface area contributed by atoms with Gasteiger partial charge in [0, 0.05) is 35.5 Å². The molecular weight excluding hydrogens is 462 g/mol. The predicted octanol–water partition coefficient (Wildman–Crippen LogP) is 4.45. The predicted molar refractivity (Wildman–Crippen MR) is 138 cm³/mol. The van der Waals surface area contributed by atoms with Gasteiger partial charge in [0.05, 0.1) is 22.9 Å². The van der Waals surface area contributed by atoms with Crippen molar-refractivity contribution in [2.24, 2.45) is 7.05 Å². The summed E-state index contributed by atoms with van der Waals surface area (Å²) in [5, 5.41) is 15.3. The van der Waals surface area contributed by atoms with Crippen LogP contribution in [0.5, 0.6) is 0 Å². The SMILES string of the molecule is Cc1c(-c2cc(Nc3cc(C)n(C)n3)c(=O)[nH]n2)cccc1N1Cc2nc(C(C)(C)C)sc2C1=O. The van der Waals surface area contributed by atoms with Gasteiger partial charge in [-0.25, -0.2) is 10.1 Å². The normalized spacial score (nSPS) is 13.4. The van der Waals surface area contributed by atoms with Crippen molar-refractivity contribution >= 4 is 34.4 Å². The Balaban J connectivity index is 1.47. The lowest BCUT2D eigenvalue weighted by Crippen LogP contribution is -2.24. The highest BCUT2D eigenvalue weighted by molar-refractivity contribution is 7.14. The highest BCUT2D eigenvalue weighted by Crippen LogP contribution is 2.38. The van der Waals surface area contributed by atoms with Gasteiger partial charge >= 0.3 is 0 Å². The molecule has 5 rings (SSSR count). The third-order valence-electron chi connectivity index (χ3n) is 6.14. The molecular formula is C25H27N7O2S. The number of amides is 1. The van der Waals surface area contributed by atoms with Crippen LogP contribution in [0.25, 0.3) is 11.3 Å². The number of hydrogen-bond donors (Lipinski definition) is 2. The van der Waals surface area contributed by atoms with Crippen molar-refractivity contribution in [2.75, 3.05) is 10.2 Å². The van der Waals surface area contributed by atoms with E-state index in [2.05, 4.69) is 41.4 Å². The summed E-state index contributed by atoms with van der Waals surface area (Å²) in [6.45, 7) is 10.6. The second kappa shape index (κ2) is 8.16. The molecule has 3 aromatic heterocycles. The zero-order valence-electron chi connectivity index (χ0n) is 20.6. The van der Waals surface area contributed by atoms with Gasteiger partial charge in [0.25, 0.3) is 11.5 Å². The van der Waals surface area contributed by atoms with Crippen molar-refractivity contribution in [3.8, 4) is 11.3 Å². The van der Waals surface area contributed by atoms with Crippen molar-refractivity contribution in [3.63, 3.8) is 0 Å². The van der Waals surface area contributed by atoms with E-state index in [1.54, 1.807) is 15.6 Å². The van der Waals surface area contributed by atoms with E-state index in [0.29, 0.717) is 28.6 Å². The summed E-state index contributed by atoms with van der Waals surface area (Å²) in [6.07, 6.45) is 0. The summed E-state index contributed by atoms with van der Waals surface area (Å²) in [6, 6.07) is 9.32. The molecule has 0 bridgehead atoms. The number of H-pyrrole nitrogens is 1. The number of rotatable bonds is 4. The molecule has 0 radical (unpaired) electrons. The number of benzene rings is 1. The number of thiazole rings is 1. The van der Waals surface area contributed by atoms with E-state index in [4.69, 9.17) is 4.98 Å². The lowest BCUT2D eigenvalue weighted by Gasteiger charge is -2.21. The highest BCUT2D eigenvalue weighted by atomic mass is 32.1. The van der Waals surface area contributed by atoms with E-state index >= 15 is 0 Å². The number of aromatic nitrogens is 5. The van der Waals surface area contributed by atoms with E-state index in [9.17, 15) is 9.59 Å². The summed E-state index contributed by atoms with van der Waals surface area (Å²) in [4.78, 5) is 32.9. The summed E-state index contributed by atoms with van der Waals surface area (Å²) in [7, 11) is 1.84. The lowest BCUT2D eigenvalue weighted by molar-refractivity contribution is 0.1000. The first kappa shape index (κ1) is 23.0. The van der Waals surface area contributed by atoms with Crippen molar-refractivity contribution in [2.45, 2.75) is 46.6 Å². The molecule has 1 amide bonds. The molecule has 0 saturated heterocycles. The molecule has 0 atom stereocenters. The molecule has 9 nitrogen and oxygen atoms in total. The van der Waals surface area contributed by atoms with E-state index in [1.807, 2.05) is 45.2 Å². The Hall–Kier alpha value is -3.79. The molecule has 2 N–H and O–H groups in total. The number of nitrogens with one attached hydrogen (secondary N) is 2. The maximum atomic E-state index is 13.3. The molecule has 4 aromatic rings. The summed E-state index contributed by atoms with van der Waals surface area (Å²) >= 11 is 1.48. The van der Waals surface area contributed by atoms with Crippen molar-refractivity contribution in [1.29, 1.82) is 0 Å². The number of aryl methyl sites for hydroxylation is 2. The zero-order chi connectivity index (χ0) is 25.1. The standard InChI is InChI=1S/C25H27N7O2S/c1-13-10-20(30-31(13)6)26-17-11-16(28-29-22(17)33)15-8-7-9-19(14(15)2)32-12-18-21(23(32)34)35-24(27-18)25(3,4)5/h7-11H,12H2,1-6H3,(H,29,33)(H,26,28,30). The molecule has 180 valence electrons. The minimum absolute atomic E-state index is 0.0319. The van der Waals surface area contributed by atoms with Gasteiger partial charge in [-0.05, 0) is 31.5 Å². The van der Waals surface area contributed by atoms with Crippen LogP contribution in [0.4, 0.5) is 17.2 Å². The van der Waals surface area contributed by atoms with Gasteiger partial charge in [0.2, 0.25) is 0 Å². The minimum atomic E-state index is -0.342. The maximum Gasteiger partial charge on any atom is 0.287 e. The van der Waals surface area contributed by atoms with Crippen LogP contribution >= 0.6 is 11.3 Å². The molecule has 4 heterocycles. The van der Waals surface area contributed by atoms with Gasteiger partial charge in [-0.15, -0.1) is 11.3 Å². The Bertz CT molecular complexity index is 1500. The van der Waals surface area contributed by atoms with E-state index in [-0.39, 0.29) is 16.9 Å². The fourth-order valence-corrected chi connectivity index (χ4v) is 5.16. The molecule has 35 heavy (non-hydrogen) atoms. The van der Waals surface area contributed by atoms with Crippen LogP contribution in [-0.2, 0) is 19.0 Å². The number of aromatic amines is 1. The van der Waals surface area contributed by atoms with Crippen LogP contribution in [0.2, 0.25) is 0 Å². The van der Waals surface area contributed by atoms with Crippen LogP contribution in [0.3, 0.4) is 0 Å². The van der Waals surface area contributed by atoms with Crippen LogP contribution < -0.4 is 15.8 Å². The van der Waals surface area contributed by atoms with Crippen LogP contribution in [0.15, 0.2) is 35.1 Å². The Morgan fingerprint density at radius 1 is 1.14 bits per heavy atom. The fourth-order valence-electron chi connectivity index (χ4n) is 4.08. The molecule has 0 spiro atoms. The number of fused-ring (bicyclic) bond motifs is 1. The lowest BCUT2D eigenvalue weighted by atomic mass is 9.98. The van der Waals surface area contributed by atoms with Crippen LogP contribution in [0, 0.1) is 13.8 Å². The number of carbonyl (C=O) groups is 1. The van der Waals surface area contributed by atoms with Crippen molar-refractivity contribution < 1.29 is 4.79 Å². The Morgan fingerprint density at radius 2 is 1.91 bits per heavy atom. The van der Waals surface area contributed by atoms with Gasteiger partial charge in [-0.1, -0.05) is 32.9 Å². The summed E-state index contributed by atoms with van der Waals surface area (Å²) in [5.41, 5.74) is 4.82. The number of nitrogens with zero attached hydrogens (tertiary/aromatic N) is 5. The molecule has 0 unspecified atom stereocenters. The number of carbonyl (C=O) groups excluding carboxylic acids is 1. The molecule has 0 fully saturated rings. The van der Waals surface area contributed by atoms with E-state index < -0.39 is 0 Å². The van der Waals surface area contributed by atoms with Crippen LogP contribution in [0.1, 0.15) is 52.4 Å². The fraction of sp³-hybridized carbons (Fsp3) is 0.320. The van der Waals surface area contributed by atoms with Gasteiger partial charge in [0.1, 0.15) is 10.6 Å². The Kier molecular flexibility index (Phi) is 5.36. The minimum Gasteiger partial charge on any atom is -0.334 e. The van der Waals surface area contributed by atoms with Gasteiger partial charge in [-0.2, -0.15) is 10.2 Å². The third-order valence-corrected chi connectivity index (χ3v) is 7.65.